The number of hydrogen-bond acceptors (Lipinski definition) is 6. The molecular weight excluding hydrogens is 264 g/mol. The zero-order valence-corrected chi connectivity index (χ0v) is 10.5. The standard InChI is InChI=1S/C13H8N2O3S/c16-11-6-7(9-2-1-5-17-9)12-10(18-11)4-3-8-13(12)15-19-14-8/h1-5,7H,6H2/t7-/m0/s1. The fraction of sp³-hybridized carbons (Fsp3) is 0.154. The number of ether oxygens (including phenoxy) is 1. The summed E-state index contributed by atoms with van der Waals surface area (Å²) < 4.78 is 19.3. The zero-order valence-electron chi connectivity index (χ0n) is 9.70. The molecule has 94 valence electrons. The van der Waals surface area contributed by atoms with Gasteiger partial charge in [0, 0.05) is 5.56 Å². The molecule has 0 saturated heterocycles. The van der Waals surface area contributed by atoms with Gasteiger partial charge < -0.3 is 9.15 Å². The van der Waals surface area contributed by atoms with Gasteiger partial charge in [-0.2, -0.15) is 8.75 Å². The summed E-state index contributed by atoms with van der Waals surface area (Å²) >= 11 is 1.15. The summed E-state index contributed by atoms with van der Waals surface area (Å²) in [4.78, 5) is 11.7. The van der Waals surface area contributed by atoms with Crippen LogP contribution in [0.25, 0.3) is 11.0 Å². The largest absolute Gasteiger partial charge is 0.469 e. The molecule has 1 atom stereocenters. The highest BCUT2D eigenvalue weighted by molar-refractivity contribution is 7.00. The molecule has 3 heterocycles. The van der Waals surface area contributed by atoms with E-state index in [-0.39, 0.29) is 18.3 Å². The van der Waals surface area contributed by atoms with E-state index in [9.17, 15) is 4.79 Å². The molecular formula is C13H8N2O3S. The van der Waals surface area contributed by atoms with E-state index in [2.05, 4.69) is 8.75 Å². The first-order chi connectivity index (χ1) is 9.33. The lowest BCUT2D eigenvalue weighted by molar-refractivity contribution is -0.135. The first-order valence-electron chi connectivity index (χ1n) is 5.82. The van der Waals surface area contributed by atoms with Crippen molar-refractivity contribution in [2.45, 2.75) is 12.3 Å². The van der Waals surface area contributed by atoms with Gasteiger partial charge in [0.1, 0.15) is 22.5 Å². The van der Waals surface area contributed by atoms with Crippen LogP contribution >= 0.6 is 11.7 Å². The number of benzene rings is 1. The number of hydrogen-bond donors (Lipinski definition) is 0. The van der Waals surface area contributed by atoms with Crippen molar-refractivity contribution in [3.8, 4) is 5.75 Å². The Morgan fingerprint density at radius 2 is 2.21 bits per heavy atom. The van der Waals surface area contributed by atoms with Gasteiger partial charge in [0.25, 0.3) is 0 Å². The lowest BCUT2D eigenvalue weighted by atomic mass is 9.89. The van der Waals surface area contributed by atoms with Crippen LogP contribution in [-0.2, 0) is 4.79 Å². The van der Waals surface area contributed by atoms with Crippen molar-refractivity contribution in [3.05, 3.63) is 41.9 Å². The van der Waals surface area contributed by atoms with Crippen LogP contribution in [0.4, 0.5) is 0 Å². The van der Waals surface area contributed by atoms with Crippen LogP contribution in [0.3, 0.4) is 0 Å². The minimum Gasteiger partial charge on any atom is -0.469 e. The van der Waals surface area contributed by atoms with Gasteiger partial charge in [-0.25, -0.2) is 0 Å². The van der Waals surface area contributed by atoms with Gasteiger partial charge in [-0.1, -0.05) is 0 Å². The number of esters is 1. The average molecular weight is 272 g/mol. The first-order valence-corrected chi connectivity index (χ1v) is 6.55. The monoisotopic (exact) mass is 272 g/mol. The van der Waals surface area contributed by atoms with E-state index in [1.165, 1.54) is 0 Å². The molecule has 0 fully saturated rings. The molecule has 5 nitrogen and oxygen atoms in total. The van der Waals surface area contributed by atoms with Crippen molar-refractivity contribution in [2.75, 3.05) is 0 Å². The summed E-state index contributed by atoms with van der Waals surface area (Å²) in [5, 5.41) is 0. The van der Waals surface area contributed by atoms with E-state index in [1.807, 2.05) is 18.2 Å². The highest BCUT2D eigenvalue weighted by Gasteiger charge is 2.32. The summed E-state index contributed by atoms with van der Waals surface area (Å²) in [6, 6.07) is 7.27. The molecule has 4 rings (SSSR count). The molecule has 1 aliphatic heterocycles. The van der Waals surface area contributed by atoms with E-state index < -0.39 is 0 Å². The van der Waals surface area contributed by atoms with Gasteiger partial charge in [-0.3, -0.25) is 4.79 Å². The number of furan rings is 1. The summed E-state index contributed by atoms with van der Waals surface area (Å²) in [6.07, 6.45) is 1.87. The van der Waals surface area contributed by atoms with E-state index in [4.69, 9.17) is 9.15 Å². The molecule has 0 radical (unpaired) electrons. The van der Waals surface area contributed by atoms with Crippen LogP contribution in [0, 0.1) is 0 Å². The Bertz CT molecular complexity index is 763. The highest BCUT2D eigenvalue weighted by Crippen LogP contribution is 2.42. The molecule has 2 aromatic heterocycles. The van der Waals surface area contributed by atoms with Crippen LogP contribution < -0.4 is 4.74 Å². The second kappa shape index (κ2) is 3.89. The van der Waals surface area contributed by atoms with Gasteiger partial charge in [0.15, 0.2) is 0 Å². The molecule has 0 spiro atoms. The van der Waals surface area contributed by atoms with Crippen molar-refractivity contribution < 1.29 is 13.9 Å². The molecule has 19 heavy (non-hydrogen) atoms. The van der Waals surface area contributed by atoms with Crippen molar-refractivity contribution in [1.29, 1.82) is 0 Å². The summed E-state index contributed by atoms with van der Waals surface area (Å²) in [5.74, 6) is 0.895. The summed E-state index contributed by atoms with van der Waals surface area (Å²) in [7, 11) is 0. The Labute approximate surface area is 112 Å². The van der Waals surface area contributed by atoms with Crippen LogP contribution in [0.1, 0.15) is 23.7 Å². The second-order valence-electron chi connectivity index (χ2n) is 4.36. The fourth-order valence-corrected chi connectivity index (χ4v) is 2.99. The minimum atomic E-state index is -0.253. The summed E-state index contributed by atoms with van der Waals surface area (Å²) in [5.41, 5.74) is 2.50. The first kappa shape index (κ1) is 10.7. The van der Waals surface area contributed by atoms with Gasteiger partial charge in [-0.15, -0.1) is 0 Å². The highest BCUT2D eigenvalue weighted by atomic mass is 32.1. The number of rotatable bonds is 1. The minimum absolute atomic E-state index is 0.154. The van der Waals surface area contributed by atoms with Gasteiger partial charge in [0.2, 0.25) is 0 Å². The number of aromatic nitrogens is 2. The SMILES string of the molecule is O=C1C[C@@H](c2ccco2)c2c(ccc3nsnc23)O1. The maximum atomic E-state index is 11.7. The normalized spacial score (nSPS) is 18.3. The van der Waals surface area contributed by atoms with Crippen molar-refractivity contribution in [1.82, 2.24) is 8.75 Å². The van der Waals surface area contributed by atoms with Crippen LogP contribution in [0.15, 0.2) is 34.9 Å². The number of fused-ring (bicyclic) bond motifs is 3. The quantitative estimate of drug-likeness (QED) is 0.503. The van der Waals surface area contributed by atoms with E-state index in [0.29, 0.717) is 5.75 Å². The molecule has 0 amide bonds. The van der Waals surface area contributed by atoms with E-state index >= 15 is 0 Å². The molecule has 0 bridgehead atoms. The summed E-state index contributed by atoms with van der Waals surface area (Å²) in [6.45, 7) is 0. The number of carbonyl (C=O) groups excluding carboxylic acids is 1. The molecule has 1 aromatic carbocycles. The van der Waals surface area contributed by atoms with Crippen molar-refractivity contribution in [2.24, 2.45) is 0 Å². The topological polar surface area (TPSA) is 65.2 Å². The molecule has 0 N–H and O–H groups in total. The van der Waals surface area contributed by atoms with Gasteiger partial charge in [-0.05, 0) is 24.3 Å². The third-order valence-corrected chi connectivity index (χ3v) is 3.80. The van der Waals surface area contributed by atoms with Crippen molar-refractivity contribution >= 4 is 28.7 Å². The Morgan fingerprint density at radius 1 is 1.26 bits per heavy atom. The molecule has 0 aliphatic carbocycles. The van der Waals surface area contributed by atoms with E-state index in [0.717, 1.165) is 34.1 Å². The Kier molecular flexibility index (Phi) is 2.19. The lowest BCUT2D eigenvalue weighted by Gasteiger charge is -2.22. The van der Waals surface area contributed by atoms with Gasteiger partial charge >= 0.3 is 5.97 Å². The lowest BCUT2D eigenvalue weighted by Crippen LogP contribution is -2.21. The molecule has 0 saturated carbocycles. The third kappa shape index (κ3) is 1.57. The second-order valence-corrected chi connectivity index (χ2v) is 4.88. The fourth-order valence-electron chi connectivity index (χ4n) is 2.44. The zero-order chi connectivity index (χ0) is 12.8. The Hall–Kier alpha value is -2.21. The molecule has 3 aromatic rings. The molecule has 1 aliphatic rings. The Balaban J connectivity index is 2.01. The van der Waals surface area contributed by atoms with Crippen LogP contribution in [0.5, 0.6) is 5.75 Å². The van der Waals surface area contributed by atoms with Crippen molar-refractivity contribution in [3.63, 3.8) is 0 Å². The van der Waals surface area contributed by atoms with Crippen LogP contribution in [-0.4, -0.2) is 14.7 Å². The predicted octanol–water partition coefficient (Wildman–Crippen LogP) is 2.73. The molecule has 6 heteroatoms. The predicted molar refractivity (Wildman–Crippen MR) is 68.2 cm³/mol. The number of carbonyl (C=O) groups is 1. The maximum absolute atomic E-state index is 11.7. The number of nitrogens with zero attached hydrogens (tertiary/aromatic N) is 2. The molecule has 0 unspecified atom stereocenters. The third-order valence-electron chi connectivity index (χ3n) is 3.26. The smallest absolute Gasteiger partial charge is 0.312 e. The van der Waals surface area contributed by atoms with Crippen LogP contribution in [0.2, 0.25) is 0 Å². The van der Waals surface area contributed by atoms with Gasteiger partial charge in [0.05, 0.1) is 30.3 Å². The Morgan fingerprint density at radius 3 is 3.05 bits per heavy atom. The maximum Gasteiger partial charge on any atom is 0.312 e. The average Bonchev–Trinajstić information content (AvgIpc) is 3.08. The van der Waals surface area contributed by atoms with E-state index in [1.54, 1.807) is 12.3 Å².